The van der Waals surface area contributed by atoms with Crippen molar-refractivity contribution in [3.8, 4) is 12.3 Å². The van der Waals surface area contributed by atoms with Gasteiger partial charge in [0.15, 0.2) is 0 Å². The molecule has 0 saturated carbocycles. The van der Waals surface area contributed by atoms with Crippen LogP contribution in [0.5, 0.6) is 0 Å². The van der Waals surface area contributed by atoms with Gasteiger partial charge in [0.05, 0.1) is 12.2 Å². The summed E-state index contributed by atoms with van der Waals surface area (Å²) in [7, 11) is 0. The lowest BCUT2D eigenvalue weighted by Crippen LogP contribution is -2.03. The SMILES string of the molecule is C#Cc1ccc(=O)oc1CCO. The molecule has 3 nitrogen and oxygen atoms in total. The maximum absolute atomic E-state index is 10.7. The third-order valence-corrected chi connectivity index (χ3v) is 1.40. The van der Waals surface area contributed by atoms with E-state index in [1.54, 1.807) is 0 Å². The molecule has 0 aliphatic carbocycles. The monoisotopic (exact) mass is 164 g/mol. The Hall–Kier alpha value is -1.53. The van der Waals surface area contributed by atoms with Crippen LogP contribution >= 0.6 is 0 Å². The van der Waals surface area contributed by atoms with Crippen molar-refractivity contribution in [1.82, 2.24) is 0 Å². The average molecular weight is 164 g/mol. The molecule has 0 saturated heterocycles. The van der Waals surface area contributed by atoms with Crippen molar-refractivity contribution >= 4 is 0 Å². The summed E-state index contributed by atoms with van der Waals surface area (Å²) in [5.41, 5.74) is 0.0705. The first kappa shape index (κ1) is 8.57. The standard InChI is InChI=1S/C9H8O3/c1-2-7-3-4-9(11)12-8(7)5-6-10/h1,3-4,10H,5-6H2. The van der Waals surface area contributed by atoms with Crippen LogP contribution < -0.4 is 5.63 Å². The van der Waals surface area contributed by atoms with Crippen molar-refractivity contribution in [1.29, 1.82) is 0 Å². The summed E-state index contributed by atoms with van der Waals surface area (Å²) in [5.74, 6) is 2.73. The van der Waals surface area contributed by atoms with Gasteiger partial charge in [0.25, 0.3) is 0 Å². The third kappa shape index (κ3) is 1.74. The fourth-order valence-electron chi connectivity index (χ4n) is 0.871. The molecule has 0 aliphatic heterocycles. The zero-order valence-corrected chi connectivity index (χ0v) is 6.41. The topological polar surface area (TPSA) is 50.4 Å². The van der Waals surface area contributed by atoms with Gasteiger partial charge < -0.3 is 9.52 Å². The van der Waals surface area contributed by atoms with E-state index in [2.05, 4.69) is 5.92 Å². The van der Waals surface area contributed by atoms with Crippen molar-refractivity contribution in [2.24, 2.45) is 0 Å². The van der Waals surface area contributed by atoms with Gasteiger partial charge in [-0.2, -0.15) is 0 Å². The van der Waals surface area contributed by atoms with Crippen LogP contribution in [0.2, 0.25) is 0 Å². The quantitative estimate of drug-likeness (QED) is 0.633. The van der Waals surface area contributed by atoms with Gasteiger partial charge in [-0.1, -0.05) is 5.92 Å². The molecule has 0 bridgehead atoms. The molecule has 1 N–H and O–H groups in total. The molecule has 0 fully saturated rings. The largest absolute Gasteiger partial charge is 0.426 e. The zero-order valence-electron chi connectivity index (χ0n) is 6.41. The molecule has 0 spiro atoms. The fraction of sp³-hybridized carbons (Fsp3) is 0.222. The first-order valence-corrected chi connectivity index (χ1v) is 3.48. The van der Waals surface area contributed by atoms with E-state index in [1.165, 1.54) is 12.1 Å². The molecule has 0 aromatic carbocycles. The van der Waals surface area contributed by atoms with E-state index in [0.29, 0.717) is 11.3 Å². The maximum Gasteiger partial charge on any atom is 0.335 e. The number of rotatable bonds is 2. The van der Waals surface area contributed by atoms with Crippen LogP contribution in [-0.4, -0.2) is 11.7 Å². The Balaban J connectivity index is 3.14. The highest BCUT2D eigenvalue weighted by molar-refractivity contribution is 5.33. The molecule has 12 heavy (non-hydrogen) atoms. The molecule has 0 aliphatic rings. The van der Waals surface area contributed by atoms with E-state index >= 15 is 0 Å². The zero-order chi connectivity index (χ0) is 8.97. The summed E-state index contributed by atoms with van der Waals surface area (Å²) in [5, 5.41) is 8.60. The van der Waals surface area contributed by atoms with Gasteiger partial charge in [-0.3, -0.25) is 0 Å². The lowest BCUT2D eigenvalue weighted by molar-refractivity contribution is 0.284. The van der Waals surface area contributed by atoms with E-state index in [4.69, 9.17) is 15.9 Å². The van der Waals surface area contributed by atoms with Gasteiger partial charge in [-0.15, -0.1) is 6.42 Å². The minimum absolute atomic E-state index is 0.0817. The highest BCUT2D eigenvalue weighted by Gasteiger charge is 2.02. The summed E-state index contributed by atoms with van der Waals surface area (Å²) in [4.78, 5) is 10.7. The Bertz CT molecular complexity index is 357. The van der Waals surface area contributed by atoms with E-state index in [1.807, 2.05) is 0 Å². The van der Waals surface area contributed by atoms with Gasteiger partial charge in [-0.05, 0) is 6.07 Å². The van der Waals surface area contributed by atoms with Crippen LogP contribution in [0.3, 0.4) is 0 Å². The molecule has 1 aromatic rings. The summed E-state index contributed by atoms with van der Waals surface area (Å²) < 4.78 is 4.78. The first-order chi connectivity index (χ1) is 5.77. The molecule has 0 radical (unpaired) electrons. The second kappa shape index (κ2) is 3.74. The van der Waals surface area contributed by atoms with Crippen LogP contribution in [0.1, 0.15) is 11.3 Å². The molecular weight excluding hydrogens is 156 g/mol. The minimum Gasteiger partial charge on any atom is -0.426 e. The van der Waals surface area contributed by atoms with Crippen LogP contribution in [0.25, 0.3) is 0 Å². The lowest BCUT2D eigenvalue weighted by atomic mass is 10.2. The van der Waals surface area contributed by atoms with Gasteiger partial charge in [0.1, 0.15) is 5.76 Å². The lowest BCUT2D eigenvalue weighted by Gasteiger charge is -1.98. The Morgan fingerprint density at radius 3 is 2.92 bits per heavy atom. The van der Waals surface area contributed by atoms with Crippen molar-refractivity contribution < 1.29 is 9.52 Å². The van der Waals surface area contributed by atoms with E-state index in [0.717, 1.165) is 0 Å². The van der Waals surface area contributed by atoms with Crippen molar-refractivity contribution in [3.05, 3.63) is 33.9 Å². The van der Waals surface area contributed by atoms with E-state index < -0.39 is 5.63 Å². The fourth-order valence-corrected chi connectivity index (χ4v) is 0.871. The summed E-state index contributed by atoms with van der Waals surface area (Å²) in [6, 6.07) is 2.77. The average Bonchev–Trinajstić information content (AvgIpc) is 2.05. The molecule has 62 valence electrons. The van der Waals surface area contributed by atoms with Crippen LogP contribution in [0.15, 0.2) is 21.3 Å². The molecule has 0 amide bonds. The van der Waals surface area contributed by atoms with Gasteiger partial charge in [0.2, 0.25) is 0 Å². The normalized spacial score (nSPS) is 9.33. The molecule has 3 heteroatoms. The number of terminal acetylenes is 1. The Labute approximate surface area is 69.7 Å². The highest BCUT2D eigenvalue weighted by atomic mass is 16.4. The number of hydrogen-bond acceptors (Lipinski definition) is 3. The molecule has 0 unspecified atom stereocenters. The third-order valence-electron chi connectivity index (χ3n) is 1.40. The summed E-state index contributed by atoms with van der Waals surface area (Å²) in [6.07, 6.45) is 5.41. The van der Waals surface area contributed by atoms with E-state index in [-0.39, 0.29) is 13.0 Å². The van der Waals surface area contributed by atoms with Gasteiger partial charge in [0, 0.05) is 12.5 Å². The Kier molecular flexibility index (Phi) is 2.67. The molecule has 1 rings (SSSR count). The molecule has 1 heterocycles. The second-order valence-electron chi connectivity index (χ2n) is 2.21. The van der Waals surface area contributed by atoms with Crippen LogP contribution in [-0.2, 0) is 6.42 Å². The summed E-state index contributed by atoms with van der Waals surface area (Å²) in [6.45, 7) is -0.0817. The Morgan fingerprint density at radius 1 is 1.58 bits per heavy atom. The molecule has 1 aromatic heterocycles. The Morgan fingerprint density at radius 2 is 2.33 bits per heavy atom. The van der Waals surface area contributed by atoms with Crippen molar-refractivity contribution in [2.75, 3.05) is 6.61 Å². The maximum atomic E-state index is 10.7. The first-order valence-electron chi connectivity index (χ1n) is 3.48. The highest BCUT2D eigenvalue weighted by Crippen LogP contribution is 2.04. The van der Waals surface area contributed by atoms with Gasteiger partial charge >= 0.3 is 5.63 Å². The van der Waals surface area contributed by atoms with Crippen molar-refractivity contribution in [3.63, 3.8) is 0 Å². The van der Waals surface area contributed by atoms with Crippen molar-refractivity contribution in [2.45, 2.75) is 6.42 Å². The number of aliphatic hydroxyl groups excluding tert-OH is 1. The minimum atomic E-state index is -0.447. The predicted molar refractivity (Wildman–Crippen MR) is 43.7 cm³/mol. The van der Waals surface area contributed by atoms with Gasteiger partial charge in [-0.25, -0.2) is 4.79 Å². The molecule has 0 atom stereocenters. The second-order valence-corrected chi connectivity index (χ2v) is 2.21. The summed E-state index contributed by atoms with van der Waals surface area (Å²) >= 11 is 0. The van der Waals surface area contributed by atoms with Crippen LogP contribution in [0, 0.1) is 12.3 Å². The smallest absolute Gasteiger partial charge is 0.335 e. The van der Waals surface area contributed by atoms with Crippen LogP contribution in [0.4, 0.5) is 0 Å². The van der Waals surface area contributed by atoms with E-state index in [9.17, 15) is 4.79 Å². The number of hydrogen-bond donors (Lipinski definition) is 1. The predicted octanol–water partition coefficient (Wildman–Crippen LogP) is 0.156. The number of aliphatic hydroxyl groups is 1. The molecular formula is C9H8O3.